The Labute approximate surface area is 166 Å². The number of benzene rings is 1. The highest BCUT2D eigenvalue weighted by molar-refractivity contribution is 7.12. The first-order chi connectivity index (χ1) is 13.0. The third-order valence-electron chi connectivity index (χ3n) is 4.21. The molecule has 0 fully saturated rings. The van der Waals surface area contributed by atoms with E-state index in [2.05, 4.69) is 10.4 Å². The molecule has 3 rings (SSSR count). The van der Waals surface area contributed by atoms with Gasteiger partial charge in [0.15, 0.2) is 0 Å². The average molecular weight is 407 g/mol. The molecular formula is C19H20ClFN4OS. The minimum Gasteiger partial charge on any atom is -0.347 e. The smallest absolute Gasteiger partial charge is 0.261 e. The van der Waals surface area contributed by atoms with Crippen molar-refractivity contribution in [3.8, 4) is 11.3 Å². The van der Waals surface area contributed by atoms with Crippen LogP contribution in [0.25, 0.3) is 11.3 Å². The SMILES string of the molecule is CCn1ncc(Cl)c1-c1csc(C(=O)NC(CN)Cc2ccc(F)cc2)c1. The first-order valence-electron chi connectivity index (χ1n) is 8.57. The largest absolute Gasteiger partial charge is 0.347 e. The van der Waals surface area contributed by atoms with Crippen molar-refractivity contribution in [2.75, 3.05) is 6.54 Å². The molecule has 0 saturated heterocycles. The van der Waals surface area contributed by atoms with Crippen LogP contribution in [0.15, 0.2) is 41.9 Å². The van der Waals surface area contributed by atoms with E-state index in [4.69, 9.17) is 17.3 Å². The average Bonchev–Trinajstić information content (AvgIpc) is 3.29. The lowest BCUT2D eigenvalue weighted by molar-refractivity contribution is 0.0942. The Morgan fingerprint density at radius 2 is 2.15 bits per heavy atom. The molecule has 1 amide bonds. The number of amides is 1. The van der Waals surface area contributed by atoms with Crippen LogP contribution in [0.1, 0.15) is 22.2 Å². The number of rotatable bonds is 7. The minimum absolute atomic E-state index is 0.192. The summed E-state index contributed by atoms with van der Waals surface area (Å²) < 4.78 is 14.8. The summed E-state index contributed by atoms with van der Waals surface area (Å²) in [5, 5.41) is 9.61. The van der Waals surface area contributed by atoms with Gasteiger partial charge in [-0.25, -0.2) is 4.39 Å². The number of hydrogen-bond acceptors (Lipinski definition) is 4. The van der Waals surface area contributed by atoms with Gasteiger partial charge in [0.2, 0.25) is 0 Å². The zero-order valence-electron chi connectivity index (χ0n) is 14.8. The number of nitrogens with two attached hydrogens (primary N) is 1. The fraction of sp³-hybridized carbons (Fsp3) is 0.263. The Hall–Kier alpha value is -2.22. The number of carbonyl (C=O) groups is 1. The summed E-state index contributed by atoms with van der Waals surface area (Å²) in [4.78, 5) is 13.2. The van der Waals surface area contributed by atoms with Gasteiger partial charge in [-0.2, -0.15) is 5.10 Å². The second kappa shape index (κ2) is 8.65. The standard InChI is InChI=1S/C19H20ClFN4OS/c1-2-25-18(16(20)10-23-25)13-8-17(27-11-13)19(26)24-15(9-22)7-12-3-5-14(21)6-4-12/h3-6,8,10-11,15H,2,7,9,22H2,1H3,(H,24,26). The van der Waals surface area contributed by atoms with Crippen molar-refractivity contribution in [2.45, 2.75) is 25.9 Å². The van der Waals surface area contributed by atoms with E-state index >= 15 is 0 Å². The van der Waals surface area contributed by atoms with E-state index in [1.807, 2.05) is 12.3 Å². The lowest BCUT2D eigenvalue weighted by Crippen LogP contribution is -2.41. The minimum atomic E-state index is -0.289. The van der Waals surface area contributed by atoms with Gasteiger partial charge in [-0.05, 0) is 37.1 Å². The van der Waals surface area contributed by atoms with Crippen molar-refractivity contribution in [3.63, 3.8) is 0 Å². The zero-order chi connectivity index (χ0) is 19.4. The van der Waals surface area contributed by atoms with Gasteiger partial charge in [-0.15, -0.1) is 11.3 Å². The van der Waals surface area contributed by atoms with E-state index in [0.29, 0.717) is 22.9 Å². The normalized spacial score (nSPS) is 12.1. The predicted molar refractivity (Wildman–Crippen MR) is 107 cm³/mol. The Morgan fingerprint density at radius 1 is 1.41 bits per heavy atom. The summed E-state index contributed by atoms with van der Waals surface area (Å²) in [6, 6.07) is 7.76. The molecule has 2 heterocycles. The van der Waals surface area contributed by atoms with Crippen LogP contribution in [-0.4, -0.2) is 28.3 Å². The van der Waals surface area contributed by atoms with Gasteiger partial charge in [0.25, 0.3) is 5.91 Å². The molecule has 0 aliphatic heterocycles. The van der Waals surface area contributed by atoms with E-state index in [1.54, 1.807) is 29.1 Å². The van der Waals surface area contributed by atoms with E-state index in [9.17, 15) is 9.18 Å². The molecule has 0 aliphatic carbocycles. The number of aryl methyl sites for hydroxylation is 1. The molecule has 3 N–H and O–H groups in total. The Morgan fingerprint density at radius 3 is 2.81 bits per heavy atom. The predicted octanol–water partition coefficient (Wildman–Crippen LogP) is 3.72. The number of hydrogen-bond donors (Lipinski definition) is 2. The molecule has 5 nitrogen and oxygen atoms in total. The van der Waals surface area contributed by atoms with Gasteiger partial charge in [-0.1, -0.05) is 23.7 Å². The van der Waals surface area contributed by atoms with Crippen molar-refractivity contribution >= 4 is 28.8 Å². The summed E-state index contributed by atoms with van der Waals surface area (Å²) in [6.07, 6.45) is 2.14. The van der Waals surface area contributed by atoms with Crippen molar-refractivity contribution < 1.29 is 9.18 Å². The topological polar surface area (TPSA) is 72.9 Å². The summed E-state index contributed by atoms with van der Waals surface area (Å²) >= 11 is 7.58. The molecule has 1 aromatic carbocycles. The maximum absolute atomic E-state index is 13.0. The van der Waals surface area contributed by atoms with Crippen LogP contribution in [0.5, 0.6) is 0 Å². The molecule has 27 heavy (non-hydrogen) atoms. The van der Waals surface area contributed by atoms with Crippen molar-refractivity contribution in [1.82, 2.24) is 15.1 Å². The molecule has 0 bridgehead atoms. The molecule has 1 atom stereocenters. The molecule has 0 radical (unpaired) electrons. The molecule has 3 aromatic rings. The van der Waals surface area contributed by atoms with Crippen LogP contribution in [0.2, 0.25) is 5.02 Å². The van der Waals surface area contributed by atoms with Crippen molar-refractivity contribution in [1.29, 1.82) is 0 Å². The first-order valence-corrected chi connectivity index (χ1v) is 9.83. The van der Waals surface area contributed by atoms with Crippen LogP contribution in [0.4, 0.5) is 4.39 Å². The van der Waals surface area contributed by atoms with Gasteiger partial charge in [0.05, 0.1) is 21.8 Å². The molecular weight excluding hydrogens is 387 g/mol. The van der Waals surface area contributed by atoms with Crippen LogP contribution in [0, 0.1) is 5.82 Å². The van der Waals surface area contributed by atoms with Gasteiger partial charge < -0.3 is 11.1 Å². The lowest BCUT2D eigenvalue weighted by Gasteiger charge is -2.16. The monoisotopic (exact) mass is 406 g/mol. The third-order valence-corrected chi connectivity index (χ3v) is 5.41. The van der Waals surface area contributed by atoms with Crippen LogP contribution < -0.4 is 11.1 Å². The van der Waals surface area contributed by atoms with Gasteiger partial charge in [0.1, 0.15) is 5.82 Å². The van der Waals surface area contributed by atoms with Gasteiger partial charge >= 0.3 is 0 Å². The Balaban J connectivity index is 1.71. The fourth-order valence-corrected chi connectivity index (χ4v) is 3.87. The van der Waals surface area contributed by atoms with Crippen molar-refractivity contribution in [2.24, 2.45) is 5.73 Å². The highest BCUT2D eigenvalue weighted by atomic mass is 35.5. The van der Waals surface area contributed by atoms with Crippen LogP contribution in [0.3, 0.4) is 0 Å². The summed E-state index contributed by atoms with van der Waals surface area (Å²) in [6.45, 7) is 2.95. The van der Waals surface area contributed by atoms with E-state index in [-0.39, 0.29) is 24.3 Å². The van der Waals surface area contributed by atoms with E-state index in [1.165, 1.54) is 23.5 Å². The number of halogens is 2. The summed E-state index contributed by atoms with van der Waals surface area (Å²) in [5.74, 6) is -0.481. The molecule has 2 aromatic heterocycles. The van der Waals surface area contributed by atoms with Crippen molar-refractivity contribution in [3.05, 3.63) is 63.2 Å². The number of carbonyl (C=O) groups excluding carboxylic acids is 1. The number of thiophene rings is 1. The maximum Gasteiger partial charge on any atom is 0.261 e. The maximum atomic E-state index is 13.0. The molecule has 0 aliphatic rings. The number of nitrogens with zero attached hydrogens (tertiary/aromatic N) is 2. The summed E-state index contributed by atoms with van der Waals surface area (Å²) in [7, 11) is 0. The number of aromatic nitrogens is 2. The zero-order valence-corrected chi connectivity index (χ0v) is 16.4. The molecule has 0 saturated carbocycles. The van der Waals surface area contributed by atoms with E-state index in [0.717, 1.165) is 16.8 Å². The Kier molecular flexibility index (Phi) is 6.26. The van der Waals surface area contributed by atoms with Gasteiger partial charge in [0, 0.05) is 30.1 Å². The second-order valence-corrected chi connectivity index (χ2v) is 7.41. The highest BCUT2D eigenvalue weighted by Gasteiger charge is 2.18. The molecule has 142 valence electrons. The highest BCUT2D eigenvalue weighted by Crippen LogP contribution is 2.31. The van der Waals surface area contributed by atoms with Crippen LogP contribution >= 0.6 is 22.9 Å². The first kappa shape index (κ1) is 19.5. The molecule has 0 spiro atoms. The quantitative estimate of drug-likeness (QED) is 0.628. The Bertz CT molecular complexity index is 922. The fourth-order valence-electron chi connectivity index (χ4n) is 2.82. The van der Waals surface area contributed by atoms with Gasteiger partial charge in [-0.3, -0.25) is 9.48 Å². The number of nitrogens with one attached hydrogen (secondary N) is 1. The summed E-state index contributed by atoms with van der Waals surface area (Å²) in [5.41, 5.74) is 8.38. The molecule has 8 heteroatoms. The van der Waals surface area contributed by atoms with Crippen LogP contribution in [-0.2, 0) is 13.0 Å². The molecule has 1 unspecified atom stereocenters. The lowest BCUT2D eigenvalue weighted by atomic mass is 10.1. The second-order valence-electron chi connectivity index (χ2n) is 6.09. The van der Waals surface area contributed by atoms with E-state index < -0.39 is 0 Å². The third kappa shape index (κ3) is 4.55.